The van der Waals surface area contributed by atoms with Crippen LogP contribution in [0.3, 0.4) is 0 Å². The Morgan fingerprint density at radius 1 is 1.40 bits per heavy atom. The fourth-order valence-corrected chi connectivity index (χ4v) is 2.93. The number of nitro benzene ring substituents is 1. The topological polar surface area (TPSA) is 101 Å². The predicted octanol–water partition coefficient (Wildman–Crippen LogP) is 1.99. The number of halogens is 1. The van der Waals surface area contributed by atoms with E-state index < -0.39 is 20.5 Å². The van der Waals surface area contributed by atoms with Crippen molar-refractivity contribution in [1.82, 2.24) is 4.72 Å². The molecule has 0 bridgehead atoms. The van der Waals surface area contributed by atoms with Gasteiger partial charge in [-0.2, -0.15) is 0 Å². The van der Waals surface area contributed by atoms with E-state index in [-0.39, 0.29) is 17.3 Å². The normalized spacial score (nSPS) is 12.2. The summed E-state index contributed by atoms with van der Waals surface area (Å²) in [6.07, 6.45) is 1.08. The maximum Gasteiger partial charge on any atom is 0.271 e. The number of anilines is 1. The fourth-order valence-electron chi connectivity index (χ4n) is 1.62. The second-order valence-corrected chi connectivity index (χ2v) is 7.19. The minimum atomic E-state index is -3.33. The first-order valence-corrected chi connectivity index (χ1v) is 7.94. The zero-order chi connectivity index (χ0) is 15.6. The lowest BCUT2D eigenvalue weighted by Crippen LogP contribution is -2.47. The Morgan fingerprint density at radius 3 is 2.45 bits per heavy atom. The van der Waals surface area contributed by atoms with E-state index in [2.05, 4.69) is 10.0 Å². The number of rotatable bonds is 6. The number of non-ortho nitro benzene ring substituents is 1. The van der Waals surface area contributed by atoms with Crippen LogP contribution in [0, 0.1) is 10.1 Å². The van der Waals surface area contributed by atoms with Crippen LogP contribution < -0.4 is 10.0 Å². The molecule has 0 heterocycles. The molecule has 20 heavy (non-hydrogen) atoms. The first-order valence-electron chi connectivity index (χ1n) is 5.67. The van der Waals surface area contributed by atoms with Gasteiger partial charge in [-0.15, -0.1) is 0 Å². The van der Waals surface area contributed by atoms with Gasteiger partial charge < -0.3 is 5.32 Å². The Morgan fingerprint density at radius 2 is 2.00 bits per heavy atom. The number of hydrogen-bond donors (Lipinski definition) is 2. The van der Waals surface area contributed by atoms with Crippen LogP contribution in [0.4, 0.5) is 11.4 Å². The molecule has 0 saturated carbocycles. The zero-order valence-electron chi connectivity index (χ0n) is 11.3. The van der Waals surface area contributed by atoms with Gasteiger partial charge in [-0.1, -0.05) is 11.6 Å². The number of nitrogens with one attached hydrogen (secondary N) is 2. The van der Waals surface area contributed by atoms with Gasteiger partial charge in [0.2, 0.25) is 10.0 Å². The van der Waals surface area contributed by atoms with E-state index in [0.29, 0.717) is 5.69 Å². The largest absolute Gasteiger partial charge is 0.382 e. The molecule has 0 amide bonds. The van der Waals surface area contributed by atoms with Crippen LogP contribution in [0.25, 0.3) is 0 Å². The van der Waals surface area contributed by atoms with E-state index in [1.54, 1.807) is 13.8 Å². The number of nitrogens with zero attached hydrogens (tertiary/aromatic N) is 1. The SMILES string of the molecule is CC(C)(CNc1ccc([N+](=O)[O-])cc1Cl)NS(C)(=O)=O. The van der Waals surface area contributed by atoms with Gasteiger partial charge in [0.1, 0.15) is 0 Å². The van der Waals surface area contributed by atoms with Crippen molar-refractivity contribution in [3.05, 3.63) is 33.3 Å². The first kappa shape index (κ1) is 16.7. The molecule has 0 saturated heterocycles. The lowest BCUT2D eigenvalue weighted by Gasteiger charge is -2.26. The van der Waals surface area contributed by atoms with E-state index in [0.717, 1.165) is 6.26 Å². The molecule has 112 valence electrons. The molecule has 1 rings (SSSR count). The van der Waals surface area contributed by atoms with E-state index in [9.17, 15) is 18.5 Å². The third-order valence-electron chi connectivity index (χ3n) is 2.35. The summed E-state index contributed by atoms with van der Waals surface area (Å²) in [6, 6.07) is 4.04. The maximum atomic E-state index is 11.2. The predicted molar refractivity (Wildman–Crippen MR) is 78.7 cm³/mol. The Kier molecular flexibility index (Phi) is 4.95. The average Bonchev–Trinajstić information content (AvgIpc) is 2.23. The highest BCUT2D eigenvalue weighted by molar-refractivity contribution is 7.88. The Balaban J connectivity index is 2.78. The van der Waals surface area contributed by atoms with Gasteiger partial charge in [0.05, 0.1) is 21.9 Å². The first-order chi connectivity index (χ1) is 9.00. The summed E-state index contributed by atoms with van der Waals surface area (Å²) in [5.41, 5.74) is -0.326. The molecule has 0 aliphatic carbocycles. The third-order valence-corrected chi connectivity index (χ3v) is 3.58. The summed E-state index contributed by atoms with van der Waals surface area (Å²) < 4.78 is 24.9. The summed E-state index contributed by atoms with van der Waals surface area (Å²) in [6.45, 7) is 3.69. The van der Waals surface area contributed by atoms with Gasteiger partial charge in [0.15, 0.2) is 0 Å². The molecular weight excluding hydrogens is 306 g/mol. The van der Waals surface area contributed by atoms with Crippen LogP contribution in [0.15, 0.2) is 18.2 Å². The second kappa shape index (κ2) is 5.94. The molecule has 0 unspecified atom stereocenters. The molecule has 9 heteroatoms. The molecule has 0 aliphatic heterocycles. The van der Waals surface area contributed by atoms with E-state index in [1.165, 1.54) is 18.2 Å². The van der Waals surface area contributed by atoms with Gasteiger partial charge in [0, 0.05) is 24.2 Å². The summed E-state index contributed by atoms with van der Waals surface area (Å²) in [5, 5.41) is 13.8. The monoisotopic (exact) mass is 321 g/mol. The summed E-state index contributed by atoms with van der Waals surface area (Å²) >= 11 is 5.93. The lowest BCUT2D eigenvalue weighted by atomic mass is 10.1. The Bertz CT molecular complexity index is 616. The maximum absolute atomic E-state index is 11.2. The molecule has 1 aromatic carbocycles. The Labute approximate surface area is 122 Å². The molecule has 0 aliphatic rings. The van der Waals surface area contributed by atoms with Gasteiger partial charge in [-0.05, 0) is 19.9 Å². The molecule has 2 N–H and O–H groups in total. The number of nitro groups is 1. The lowest BCUT2D eigenvalue weighted by molar-refractivity contribution is -0.384. The number of benzene rings is 1. The summed E-state index contributed by atoms with van der Waals surface area (Å²) in [4.78, 5) is 10.1. The van der Waals surface area contributed by atoms with Crippen molar-refractivity contribution in [2.75, 3.05) is 18.1 Å². The summed E-state index contributed by atoms with van der Waals surface area (Å²) in [7, 11) is -3.33. The van der Waals surface area contributed by atoms with Crippen molar-refractivity contribution in [1.29, 1.82) is 0 Å². The molecule has 0 atom stereocenters. The minimum absolute atomic E-state index is 0.103. The molecule has 0 spiro atoms. The number of sulfonamides is 1. The van der Waals surface area contributed by atoms with Gasteiger partial charge in [-0.25, -0.2) is 13.1 Å². The average molecular weight is 322 g/mol. The van der Waals surface area contributed by atoms with Crippen LogP contribution in [0.1, 0.15) is 13.8 Å². The standard InChI is InChI=1S/C11H16ClN3O4S/c1-11(2,14-20(3,18)19)7-13-10-5-4-8(15(16)17)6-9(10)12/h4-6,13-14H,7H2,1-3H3. The number of hydrogen-bond acceptors (Lipinski definition) is 5. The van der Waals surface area contributed by atoms with E-state index >= 15 is 0 Å². The smallest absolute Gasteiger partial charge is 0.271 e. The van der Waals surface area contributed by atoms with Crippen LogP contribution in [-0.4, -0.2) is 31.7 Å². The molecule has 0 fully saturated rings. The zero-order valence-corrected chi connectivity index (χ0v) is 12.9. The molecular formula is C11H16ClN3O4S. The van der Waals surface area contributed by atoms with E-state index in [1.807, 2.05) is 0 Å². The van der Waals surface area contributed by atoms with Crippen molar-refractivity contribution in [2.24, 2.45) is 0 Å². The molecule has 0 aromatic heterocycles. The van der Waals surface area contributed by atoms with Gasteiger partial charge >= 0.3 is 0 Å². The van der Waals surface area contributed by atoms with Crippen LogP contribution in [-0.2, 0) is 10.0 Å². The van der Waals surface area contributed by atoms with Crippen molar-refractivity contribution < 1.29 is 13.3 Å². The van der Waals surface area contributed by atoms with E-state index in [4.69, 9.17) is 11.6 Å². The molecule has 0 radical (unpaired) electrons. The molecule has 1 aromatic rings. The van der Waals surface area contributed by atoms with Crippen molar-refractivity contribution >= 4 is 33.0 Å². The van der Waals surface area contributed by atoms with Gasteiger partial charge in [-0.3, -0.25) is 10.1 Å². The summed E-state index contributed by atoms with van der Waals surface area (Å²) in [5.74, 6) is 0. The Hall–Kier alpha value is -1.38. The van der Waals surface area contributed by atoms with Gasteiger partial charge in [0.25, 0.3) is 5.69 Å². The highest BCUT2D eigenvalue weighted by Gasteiger charge is 2.22. The second-order valence-electron chi connectivity index (χ2n) is 5.03. The third kappa shape index (κ3) is 5.32. The quantitative estimate of drug-likeness (QED) is 0.616. The van der Waals surface area contributed by atoms with Crippen LogP contribution >= 0.6 is 11.6 Å². The molecule has 7 nitrogen and oxygen atoms in total. The van der Waals surface area contributed by atoms with Crippen molar-refractivity contribution in [3.8, 4) is 0 Å². The highest BCUT2D eigenvalue weighted by atomic mass is 35.5. The van der Waals surface area contributed by atoms with Crippen molar-refractivity contribution in [3.63, 3.8) is 0 Å². The minimum Gasteiger partial charge on any atom is -0.382 e. The highest BCUT2D eigenvalue weighted by Crippen LogP contribution is 2.26. The van der Waals surface area contributed by atoms with Crippen LogP contribution in [0.5, 0.6) is 0 Å². The van der Waals surface area contributed by atoms with Crippen LogP contribution in [0.2, 0.25) is 5.02 Å². The van der Waals surface area contributed by atoms with Crippen molar-refractivity contribution in [2.45, 2.75) is 19.4 Å². The fraction of sp³-hybridized carbons (Fsp3) is 0.455.